The number of fused-ring (bicyclic) bond motifs is 2. The molecule has 6 heteroatoms. The van der Waals surface area contributed by atoms with Crippen molar-refractivity contribution in [1.82, 2.24) is 0 Å². The lowest BCUT2D eigenvalue weighted by atomic mass is 10.1. The standard InChI is InChI=1S/C20H28O6/c1-2-6-18-17(5-1)23-13-9-21-11-15-25-19-7-3-4-8-20(19)26-16-12-22-10-14-24-18/h5-8H,1-4,9-16H2. The summed E-state index contributed by atoms with van der Waals surface area (Å²) in [5.41, 5.74) is 0. The molecule has 0 aromatic heterocycles. The minimum atomic E-state index is 0.486. The Bertz CT molecular complexity index is 463. The van der Waals surface area contributed by atoms with Gasteiger partial charge in [0.05, 0.1) is 26.4 Å². The Kier molecular flexibility index (Phi) is 7.93. The molecule has 0 spiro atoms. The summed E-state index contributed by atoms with van der Waals surface area (Å²) < 4.78 is 34.4. The van der Waals surface area contributed by atoms with Crippen LogP contribution < -0.4 is 0 Å². The molecule has 1 fully saturated rings. The number of hydrogen-bond donors (Lipinski definition) is 0. The van der Waals surface area contributed by atoms with Crippen LogP contribution in [-0.4, -0.2) is 52.9 Å². The molecule has 0 N–H and O–H groups in total. The summed E-state index contributed by atoms with van der Waals surface area (Å²) in [5.74, 6) is 3.18. The highest BCUT2D eigenvalue weighted by Crippen LogP contribution is 2.22. The summed E-state index contributed by atoms with van der Waals surface area (Å²) in [6.07, 6.45) is 12.1. The van der Waals surface area contributed by atoms with Crippen LogP contribution in [0.3, 0.4) is 0 Å². The topological polar surface area (TPSA) is 55.4 Å². The highest BCUT2D eigenvalue weighted by atomic mass is 16.6. The van der Waals surface area contributed by atoms with Crippen LogP contribution in [0.2, 0.25) is 0 Å². The fourth-order valence-corrected chi connectivity index (χ4v) is 2.83. The van der Waals surface area contributed by atoms with Crippen LogP contribution in [0.15, 0.2) is 47.3 Å². The van der Waals surface area contributed by atoms with Gasteiger partial charge in [0.25, 0.3) is 0 Å². The van der Waals surface area contributed by atoms with E-state index in [-0.39, 0.29) is 0 Å². The summed E-state index contributed by atoms with van der Waals surface area (Å²) >= 11 is 0. The quantitative estimate of drug-likeness (QED) is 0.658. The average Bonchev–Trinajstić information content (AvgIpc) is 2.68. The van der Waals surface area contributed by atoms with Gasteiger partial charge in [0.1, 0.15) is 26.4 Å². The molecule has 0 amide bonds. The second kappa shape index (κ2) is 10.9. The molecule has 1 heterocycles. The molecular weight excluding hydrogens is 336 g/mol. The summed E-state index contributed by atoms with van der Waals surface area (Å²) in [4.78, 5) is 0. The van der Waals surface area contributed by atoms with E-state index in [0.29, 0.717) is 52.9 Å². The second-order valence-corrected chi connectivity index (χ2v) is 6.05. The first-order chi connectivity index (χ1) is 12.9. The molecule has 2 aliphatic carbocycles. The molecular formula is C20H28O6. The van der Waals surface area contributed by atoms with Gasteiger partial charge in [-0.05, 0) is 50.0 Å². The zero-order valence-electron chi connectivity index (χ0n) is 15.2. The van der Waals surface area contributed by atoms with E-state index in [9.17, 15) is 0 Å². The molecule has 0 radical (unpaired) electrons. The van der Waals surface area contributed by atoms with E-state index in [2.05, 4.69) is 24.3 Å². The van der Waals surface area contributed by atoms with Crippen molar-refractivity contribution in [2.75, 3.05) is 52.9 Å². The Morgan fingerprint density at radius 3 is 0.923 bits per heavy atom. The third-order valence-electron chi connectivity index (χ3n) is 4.08. The number of hydrogen-bond acceptors (Lipinski definition) is 6. The van der Waals surface area contributed by atoms with Crippen molar-refractivity contribution in [2.45, 2.75) is 25.7 Å². The van der Waals surface area contributed by atoms with Crippen molar-refractivity contribution in [2.24, 2.45) is 0 Å². The first-order valence-corrected chi connectivity index (χ1v) is 9.41. The molecule has 0 aromatic carbocycles. The number of allylic oxidation sites excluding steroid dienone is 4. The van der Waals surface area contributed by atoms with E-state index in [0.717, 1.165) is 48.7 Å². The highest BCUT2D eigenvalue weighted by Gasteiger charge is 2.13. The van der Waals surface area contributed by atoms with Gasteiger partial charge in [-0.25, -0.2) is 0 Å². The van der Waals surface area contributed by atoms with Crippen molar-refractivity contribution in [3.05, 3.63) is 47.3 Å². The molecule has 1 saturated heterocycles. The zero-order chi connectivity index (χ0) is 17.9. The predicted octanol–water partition coefficient (Wildman–Crippen LogP) is 3.22. The molecule has 144 valence electrons. The fraction of sp³-hybridized carbons (Fsp3) is 0.600. The van der Waals surface area contributed by atoms with Crippen molar-refractivity contribution in [1.29, 1.82) is 0 Å². The van der Waals surface area contributed by atoms with Crippen LogP contribution in [0, 0.1) is 0 Å². The van der Waals surface area contributed by atoms with Crippen molar-refractivity contribution < 1.29 is 28.4 Å². The van der Waals surface area contributed by atoms with Gasteiger partial charge in [0.2, 0.25) is 0 Å². The van der Waals surface area contributed by atoms with E-state index in [4.69, 9.17) is 28.4 Å². The smallest absolute Gasteiger partial charge is 0.156 e. The molecule has 0 saturated carbocycles. The summed E-state index contributed by atoms with van der Waals surface area (Å²) in [5, 5.41) is 0. The van der Waals surface area contributed by atoms with E-state index in [1.54, 1.807) is 0 Å². The third kappa shape index (κ3) is 6.11. The summed E-state index contributed by atoms with van der Waals surface area (Å²) in [6, 6.07) is 0. The third-order valence-corrected chi connectivity index (χ3v) is 4.08. The molecule has 1 aliphatic heterocycles. The van der Waals surface area contributed by atoms with E-state index >= 15 is 0 Å². The fourth-order valence-electron chi connectivity index (χ4n) is 2.83. The number of ether oxygens (including phenoxy) is 6. The monoisotopic (exact) mass is 364 g/mol. The molecule has 3 aliphatic rings. The largest absolute Gasteiger partial charge is 0.488 e. The lowest BCUT2D eigenvalue weighted by molar-refractivity contribution is 0.0187. The molecule has 6 nitrogen and oxygen atoms in total. The summed E-state index contributed by atoms with van der Waals surface area (Å²) in [6.45, 7) is 3.98. The Morgan fingerprint density at radius 2 is 0.654 bits per heavy atom. The molecule has 3 rings (SSSR count). The molecule has 26 heavy (non-hydrogen) atoms. The minimum absolute atomic E-state index is 0.486. The van der Waals surface area contributed by atoms with Gasteiger partial charge >= 0.3 is 0 Å². The van der Waals surface area contributed by atoms with E-state index in [1.165, 1.54) is 0 Å². The Balaban J connectivity index is 1.51. The first kappa shape index (κ1) is 18.9. The number of rotatable bonds is 0. The lowest BCUT2D eigenvalue weighted by Crippen LogP contribution is -2.15. The Labute approximate surface area is 155 Å². The van der Waals surface area contributed by atoms with Crippen LogP contribution in [0.5, 0.6) is 0 Å². The Hall–Kier alpha value is -1.92. The van der Waals surface area contributed by atoms with E-state index in [1.807, 2.05) is 0 Å². The zero-order valence-corrected chi connectivity index (χ0v) is 15.2. The second-order valence-electron chi connectivity index (χ2n) is 6.05. The summed E-state index contributed by atoms with van der Waals surface area (Å²) in [7, 11) is 0. The van der Waals surface area contributed by atoms with Gasteiger partial charge in [-0.1, -0.05) is 0 Å². The first-order valence-electron chi connectivity index (χ1n) is 9.41. The van der Waals surface area contributed by atoms with Gasteiger partial charge in [0, 0.05) is 0 Å². The van der Waals surface area contributed by atoms with Crippen LogP contribution in [0.25, 0.3) is 0 Å². The van der Waals surface area contributed by atoms with Gasteiger partial charge in [-0.3, -0.25) is 0 Å². The average molecular weight is 364 g/mol. The van der Waals surface area contributed by atoms with Crippen LogP contribution >= 0.6 is 0 Å². The van der Waals surface area contributed by atoms with Gasteiger partial charge in [0.15, 0.2) is 23.0 Å². The van der Waals surface area contributed by atoms with Crippen molar-refractivity contribution >= 4 is 0 Å². The van der Waals surface area contributed by atoms with Crippen molar-refractivity contribution in [3.8, 4) is 0 Å². The van der Waals surface area contributed by atoms with Gasteiger partial charge in [-0.15, -0.1) is 0 Å². The SMILES string of the molecule is C1=C2OCCOCCOC3=CCCC=C3OCCOCCOC2=CCC1. The van der Waals surface area contributed by atoms with Crippen LogP contribution in [-0.2, 0) is 28.4 Å². The van der Waals surface area contributed by atoms with Gasteiger partial charge in [-0.2, -0.15) is 0 Å². The van der Waals surface area contributed by atoms with E-state index < -0.39 is 0 Å². The molecule has 0 unspecified atom stereocenters. The van der Waals surface area contributed by atoms with Crippen molar-refractivity contribution in [3.63, 3.8) is 0 Å². The maximum absolute atomic E-state index is 5.80. The van der Waals surface area contributed by atoms with Crippen LogP contribution in [0.4, 0.5) is 0 Å². The maximum atomic E-state index is 5.80. The van der Waals surface area contributed by atoms with Gasteiger partial charge < -0.3 is 28.4 Å². The predicted molar refractivity (Wildman–Crippen MR) is 96.2 cm³/mol. The molecule has 0 bridgehead atoms. The lowest BCUT2D eigenvalue weighted by Gasteiger charge is -2.20. The Morgan fingerprint density at radius 1 is 0.385 bits per heavy atom. The van der Waals surface area contributed by atoms with Crippen LogP contribution in [0.1, 0.15) is 25.7 Å². The normalized spacial score (nSPS) is 23.4. The maximum Gasteiger partial charge on any atom is 0.156 e. The molecule has 0 aromatic rings. The highest BCUT2D eigenvalue weighted by molar-refractivity contribution is 5.24. The minimum Gasteiger partial charge on any atom is -0.488 e. The molecule has 0 atom stereocenters.